The Balaban J connectivity index is 2.21. The Kier molecular flexibility index (Phi) is 3.61. The van der Waals surface area contributed by atoms with Crippen molar-refractivity contribution in [1.82, 2.24) is 0 Å². The topological polar surface area (TPSA) is 55.1 Å². The molecule has 98 valence electrons. The van der Waals surface area contributed by atoms with Crippen LogP contribution in [-0.2, 0) is 4.79 Å². The number of para-hydroxylation sites is 1. The molecular weight excluding hydrogens is 238 g/mol. The number of benzene rings is 1. The van der Waals surface area contributed by atoms with Crippen LogP contribution in [0, 0.1) is 17.0 Å². The highest BCUT2D eigenvalue weighted by Gasteiger charge is 2.40. The number of rotatable bonds is 3. The number of hydrogen-bond donors (Lipinski definition) is 2. The van der Waals surface area contributed by atoms with Crippen molar-refractivity contribution >= 4 is 11.6 Å². The number of amides is 1. The number of halogens is 2. The van der Waals surface area contributed by atoms with Crippen molar-refractivity contribution in [2.45, 2.75) is 25.7 Å². The number of nitrogens with two attached hydrogens (primary N) is 1. The van der Waals surface area contributed by atoms with E-state index in [9.17, 15) is 13.6 Å². The fourth-order valence-electron chi connectivity index (χ4n) is 2.44. The van der Waals surface area contributed by atoms with Gasteiger partial charge in [0.1, 0.15) is 17.3 Å². The predicted octanol–water partition coefficient (Wildman–Crippen LogP) is 2.42. The van der Waals surface area contributed by atoms with Crippen LogP contribution >= 0.6 is 0 Å². The van der Waals surface area contributed by atoms with Crippen LogP contribution in [0.4, 0.5) is 14.5 Å². The van der Waals surface area contributed by atoms with Gasteiger partial charge in [-0.1, -0.05) is 18.9 Å². The van der Waals surface area contributed by atoms with Gasteiger partial charge >= 0.3 is 0 Å². The zero-order chi connectivity index (χ0) is 13.2. The normalized spacial score (nSPS) is 17.7. The fourth-order valence-corrected chi connectivity index (χ4v) is 2.44. The van der Waals surface area contributed by atoms with Gasteiger partial charge in [0.15, 0.2) is 0 Å². The summed E-state index contributed by atoms with van der Waals surface area (Å²) in [5.41, 5.74) is 4.59. The van der Waals surface area contributed by atoms with Crippen molar-refractivity contribution in [1.29, 1.82) is 0 Å². The standard InChI is InChI=1S/C13H16F2N2O/c14-9-4-3-5-10(15)11(9)17-12(18)13(8-16)6-1-2-7-13/h3-5H,1-2,6-8,16H2,(H,17,18). The summed E-state index contributed by atoms with van der Waals surface area (Å²) in [7, 11) is 0. The van der Waals surface area contributed by atoms with Gasteiger partial charge in [0.2, 0.25) is 5.91 Å². The van der Waals surface area contributed by atoms with E-state index in [2.05, 4.69) is 5.32 Å². The molecule has 18 heavy (non-hydrogen) atoms. The summed E-state index contributed by atoms with van der Waals surface area (Å²) in [6.45, 7) is 0.203. The SMILES string of the molecule is NCC1(C(=O)Nc2c(F)cccc2F)CCCC1. The van der Waals surface area contributed by atoms with E-state index in [0.29, 0.717) is 12.8 Å². The van der Waals surface area contributed by atoms with Crippen molar-refractivity contribution in [2.75, 3.05) is 11.9 Å². The van der Waals surface area contributed by atoms with Gasteiger partial charge in [0.25, 0.3) is 0 Å². The van der Waals surface area contributed by atoms with Crippen LogP contribution in [0.5, 0.6) is 0 Å². The zero-order valence-corrected chi connectivity index (χ0v) is 10.0. The summed E-state index contributed by atoms with van der Waals surface area (Å²) in [5, 5.41) is 2.34. The molecule has 1 fully saturated rings. The Hall–Kier alpha value is -1.49. The molecule has 0 aromatic heterocycles. The maximum Gasteiger partial charge on any atom is 0.232 e. The fraction of sp³-hybridized carbons (Fsp3) is 0.462. The molecule has 3 N–H and O–H groups in total. The predicted molar refractivity (Wildman–Crippen MR) is 64.9 cm³/mol. The molecule has 1 aliphatic rings. The first-order valence-corrected chi connectivity index (χ1v) is 6.05. The van der Waals surface area contributed by atoms with Gasteiger partial charge < -0.3 is 11.1 Å². The van der Waals surface area contributed by atoms with Gasteiger partial charge in [-0.05, 0) is 25.0 Å². The second-order valence-electron chi connectivity index (χ2n) is 4.74. The van der Waals surface area contributed by atoms with Crippen LogP contribution in [0.1, 0.15) is 25.7 Å². The van der Waals surface area contributed by atoms with Gasteiger partial charge in [-0.3, -0.25) is 4.79 Å². The Labute approximate surface area is 104 Å². The third-order valence-electron chi connectivity index (χ3n) is 3.63. The summed E-state index contributed by atoms with van der Waals surface area (Å²) in [5.74, 6) is -1.92. The van der Waals surface area contributed by atoms with E-state index in [4.69, 9.17) is 5.73 Å². The monoisotopic (exact) mass is 254 g/mol. The summed E-state index contributed by atoms with van der Waals surface area (Å²) in [6.07, 6.45) is 3.19. The van der Waals surface area contributed by atoms with Crippen molar-refractivity contribution in [3.63, 3.8) is 0 Å². The second kappa shape index (κ2) is 5.02. The maximum atomic E-state index is 13.4. The van der Waals surface area contributed by atoms with Crippen LogP contribution in [0.3, 0.4) is 0 Å². The third kappa shape index (κ3) is 2.22. The number of carbonyl (C=O) groups is 1. The first kappa shape index (κ1) is 13.0. The molecular formula is C13H16F2N2O. The van der Waals surface area contributed by atoms with Crippen LogP contribution in [0.25, 0.3) is 0 Å². The van der Waals surface area contributed by atoms with Crippen molar-refractivity contribution in [3.8, 4) is 0 Å². The van der Waals surface area contributed by atoms with E-state index < -0.39 is 17.0 Å². The van der Waals surface area contributed by atoms with E-state index in [1.807, 2.05) is 0 Å². The van der Waals surface area contributed by atoms with E-state index in [-0.39, 0.29) is 18.1 Å². The molecule has 0 aliphatic heterocycles. The van der Waals surface area contributed by atoms with E-state index in [1.165, 1.54) is 6.07 Å². The third-order valence-corrected chi connectivity index (χ3v) is 3.63. The minimum Gasteiger partial charge on any atom is -0.329 e. The lowest BCUT2D eigenvalue weighted by atomic mass is 9.85. The molecule has 0 radical (unpaired) electrons. The average molecular weight is 254 g/mol. The van der Waals surface area contributed by atoms with Crippen molar-refractivity contribution < 1.29 is 13.6 Å². The van der Waals surface area contributed by atoms with Gasteiger partial charge in [-0.2, -0.15) is 0 Å². The molecule has 0 atom stereocenters. The van der Waals surface area contributed by atoms with Gasteiger partial charge in [0, 0.05) is 6.54 Å². The maximum absolute atomic E-state index is 13.4. The molecule has 1 aromatic carbocycles. The molecule has 3 nitrogen and oxygen atoms in total. The molecule has 5 heteroatoms. The molecule has 0 spiro atoms. The summed E-state index contributed by atoms with van der Waals surface area (Å²) in [6, 6.07) is 3.49. The number of hydrogen-bond acceptors (Lipinski definition) is 2. The van der Waals surface area contributed by atoms with Crippen molar-refractivity contribution in [2.24, 2.45) is 11.1 Å². The smallest absolute Gasteiger partial charge is 0.232 e. The average Bonchev–Trinajstić information content (AvgIpc) is 2.84. The number of nitrogens with one attached hydrogen (secondary N) is 1. The first-order valence-electron chi connectivity index (χ1n) is 6.05. The van der Waals surface area contributed by atoms with Crippen LogP contribution in [0.15, 0.2) is 18.2 Å². The zero-order valence-electron chi connectivity index (χ0n) is 10.0. The van der Waals surface area contributed by atoms with Crippen LogP contribution in [-0.4, -0.2) is 12.5 Å². The van der Waals surface area contributed by atoms with E-state index in [1.54, 1.807) is 0 Å². The molecule has 1 aliphatic carbocycles. The van der Waals surface area contributed by atoms with E-state index in [0.717, 1.165) is 25.0 Å². The Morgan fingerprint density at radius 1 is 1.28 bits per heavy atom. The summed E-state index contributed by atoms with van der Waals surface area (Å²) >= 11 is 0. The second-order valence-corrected chi connectivity index (χ2v) is 4.74. The summed E-state index contributed by atoms with van der Waals surface area (Å²) in [4.78, 5) is 12.1. The van der Waals surface area contributed by atoms with Gasteiger partial charge in [0.05, 0.1) is 5.41 Å². The molecule has 1 saturated carbocycles. The minimum atomic E-state index is -0.770. The lowest BCUT2D eigenvalue weighted by Crippen LogP contribution is -2.40. The lowest BCUT2D eigenvalue weighted by molar-refractivity contribution is -0.124. The van der Waals surface area contributed by atoms with Crippen molar-refractivity contribution in [3.05, 3.63) is 29.8 Å². The van der Waals surface area contributed by atoms with Crippen LogP contribution in [0.2, 0.25) is 0 Å². The molecule has 1 amide bonds. The highest BCUT2D eigenvalue weighted by Crippen LogP contribution is 2.38. The quantitative estimate of drug-likeness (QED) is 0.870. The highest BCUT2D eigenvalue weighted by molar-refractivity contribution is 5.95. The lowest BCUT2D eigenvalue weighted by Gasteiger charge is -2.25. The van der Waals surface area contributed by atoms with E-state index >= 15 is 0 Å². The van der Waals surface area contributed by atoms with Gasteiger partial charge in [-0.25, -0.2) is 8.78 Å². The molecule has 0 saturated heterocycles. The molecule has 0 bridgehead atoms. The Bertz CT molecular complexity index is 436. The Morgan fingerprint density at radius 3 is 2.33 bits per heavy atom. The highest BCUT2D eigenvalue weighted by atomic mass is 19.1. The number of carbonyl (C=O) groups excluding carboxylic acids is 1. The van der Waals surface area contributed by atoms with Crippen LogP contribution < -0.4 is 11.1 Å². The van der Waals surface area contributed by atoms with Gasteiger partial charge in [-0.15, -0.1) is 0 Å². The summed E-state index contributed by atoms with van der Waals surface area (Å²) < 4.78 is 26.9. The largest absolute Gasteiger partial charge is 0.329 e. The molecule has 0 heterocycles. The Morgan fingerprint density at radius 2 is 1.83 bits per heavy atom. The molecule has 1 aromatic rings. The first-order chi connectivity index (χ1) is 8.59. The minimum absolute atomic E-state index is 0.203. The molecule has 2 rings (SSSR count). The molecule has 0 unspecified atom stereocenters. The number of anilines is 1.